The first-order valence-electron chi connectivity index (χ1n) is 6.40. The van der Waals surface area contributed by atoms with E-state index in [0.29, 0.717) is 6.42 Å². The molecule has 1 rings (SSSR count). The standard InChI is InChI=1S/C15H21NO3/c1-5-12(17)16-13(11-9-7-6-8-10-11)14(18)19-15(2,3)4/h6-10,13H,5H2,1-4H3,(H,16,17)/t13-/m0/s1. The molecule has 1 aromatic carbocycles. The van der Waals surface area contributed by atoms with Gasteiger partial charge >= 0.3 is 5.97 Å². The molecule has 0 aliphatic heterocycles. The van der Waals surface area contributed by atoms with E-state index in [1.807, 2.05) is 18.2 Å². The van der Waals surface area contributed by atoms with E-state index in [2.05, 4.69) is 5.32 Å². The molecule has 104 valence electrons. The number of carbonyl (C=O) groups excluding carboxylic acids is 2. The normalized spacial score (nSPS) is 12.6. The lowest BCUT2D eigenvalue weighted by atomic mass is 10.1. The van der Waals surface area contributed by atoms with Gasteiger partial charge in [-0.25, -0.2) is 4.79 Å². The fraction of sp³-hybridized carbons (Fsp3) is 0.467. The molecule has 4 heteroatoms. The molecule has 1 N–H and O–H groups in total. The summed E-state index contributed by atoms with van der Waals surface area (Å²) in [5.74, 6) is -0.625. The van der Waals surface area contributed by atoms with Crippen LogP contribution in [0.15, 0.2) is 30.3 Å². The highest BCUT2D eigenvalue weighted by molar-refractivity contribution is 5.85. The molecule has 0 aliphatic rings. The SMILES string of the molecule is CCC(=O)N[C@H](C(=O)OC(C)(C)C)c1ccccc1. The van der Waals surface area contributed by atoms with E-state index in [0.717, 1.165) is 5.56 Å². The lowest BCUT2D eigenvalue weighted by molar-refractivity contribution is -0.158. The lowest BCUT2D eigenvalue weighted by Gasteiger charge is -2.24. The van der Waals surface area contributed by atoms with E-state index in [1.54, 1.807) is 39.8 Å². The van der Waals surface area contributed by atoms with Crippen LogP contribution in [0.1, 0.15) is 45.7 Å². The van der Waals surface area contributed by atoms with Crippen molar-refractivity contribution < 1.29 is 14.3 Å². The van der Waals surface area contributed by atoms with Crippen molar-refractivity contribution in [2.24, 2.45) is 0 Å². The molecule has 1 amide bonds. The van der Waals surface area contributed by atoms with Gasteiger partial charge in [0.25, 0.3) is 0 Å². The Balaban J connectivity index is 2.93. The summed E-state index contributed by atoms with van der Waals surface area (Å²) in [4.78, 5) is 23.7. The fourth-order valence-electron chi connectivity index (χ4n) is 1.55. The number of rotatable bonds is 4. The Morgan fingerprint density at radius 2 is 1.79 bits per heavy atom. The zero-order valence-corrected chi connectivity index (χ0v) is 11.9. The van der Waals surface area contributed by atoms with Gasteiger partial charge < -0.3 is 10.1 Å². The molecule has 0 aliphatic carbocycles. The molecule has 0 saturated carbocycles. The summed E-state index contributed by atoms with van der Waals surface area (Å²) < 4.78 is 5.35. The first kappa shape index (κ1) is 15.2. The minimum Gasteiger partial charge on any atom is -0.458 e. The third kappa shape index (κ3) is 5.12. The summed E-state index contributed by atoms with van der Waals surface area (Å²) in [6.07, 6.45) is 0.326. The van der Waals surface area contributed by atoms with Crippen molar-refractivity contribution in [3.63, 3.8) is 0 Å². The Bertz CT molecular complexity index is 434. The number of carbonyl (C=O) groups is 2. The smallest absolute Gasteiger partial charge is 0.333 e. The number of hydrogen-bond acceptors (Lipinski definition) is 3. The van der Waals surface area contributed by atoms with Crippen LogP contribution in [0.2, 0.25) is 0 Å². The quantitative estimate of drug-likeness (QED) is 0.849. The van der Waals surface area contributed by atoms with Gasteiger partial charge in [0.2, 0.25) is 5.91 Å². The third-order valence-electron chi connectivity index (χ3n) is 2.40. The Labute approximate surface area is 114 Å². The average molecular weight is 263 g/mol. The van der Waals surface area contributed by atoms with Crippen LogP contribution in [0.3, 0.4) is 0 Å². The van der Waals surface area contributed by atoms with Crippen molar-refractivity contribution >= 4 is 11.9 Å². The van der Waals surface area contributed by atoms with Crippen molar-refractivity contribution in [2.75, 3.05) is 0 Å². The minimum atomic E-state index is -0.757. The molecule has 4 nitrogen and oxygen atoms in total. The van der Waals surface area contributed by atoms with Crippen molar-refractivity contribution in [3.8, 4) is 0 Å². The molecule has 0 aromatic heterocycles. The van der Waals surface area contributed by atoms with Crippen LogP contribution in [0.4, 0.5) is 0 Å². The van der Waals surface area contributed by atoms with Crippen LogP contribution in [0.25, 0.3) is 0 Å². The zero-order valence-electron chi connectivity index (χ0n) is 11.9. The Hall–Kier alpha value is -1.84. The van der Waals surface area contributed by atoms with Gasteiger partial charge in [-0.2, -0.15) is 0 Å². The fourth-order valence-corrected chi connectivity index (χ4v) is 1.55. The van der Waals surface area contributed by atoms with Gasteiger partial charge in [0, 0.05) is 6.42 Å². The Morgan fingerprint density at radius 1 is 1.21 bits per heavy atom. The summed E-state index contributed by atoms with van der Waals surface area (Å²) in [5.41, 5.74) is 0.139. The van der Waals surface area contributed by atoms with Gasteiger partial charge in [-0.3, -0.25) is 4.79 Å². The number of hydrogen-bond donors (Lipinski definition) is 1. The zero-order chi connectivity index (χ0) is 14.5. The van der Waals surface area contributed by atoms with Crippen molar-refractivity contribution in [2.45, 2.75) is 45.8 Å². The Kier molecular flexibility index (Phi) is 5.10. The number of benzene rings is 1. The molecule has 19 heavy (non-hydrogen) atoms. The van der Waals surface area contributed by atoms with E-state index in [1.165, 1.54) is 0 Å². The molecule has 0 bridgehead atoms. The maximum absolute atomic E-state index is 12.2. The van der Waals surface area contributed by atoms with Gasteiger partial charge in [-0.05, 0) is 26.3 Å². The second-order valence-corrected chi connectivity index (χ2v) is 5.30. The summed E-state index contributed by atoms with van der Waals surface area (Å²) >= 11 is 0. The molecule has 0 fully saturated rings. The van der Waals surface area contributed by atoms with Crippen molar-refractivity contribution in [1.82, 2.24) is 5.32 Å². The third-order valence-corrected chi connectivity index (χ3v) is 2.40. The summed E-state index contributed by atoms with van der Waals surface area (Å²) in [7, 11) is 0. The van der Waals surface area contributed by atoms with Crippen LogP contribution in [0, 0.1) is 0 Å². The van der Waals surface area contributed by atoms with Crippen molar-refractivity contribution in [1.29, 1.82) is 0 Å². The van der Waals surface area contributed by atoms with Gasteiger partial charge in [-0.15, -0.1) is 0 Å². The van der Waals surface area contributed by atoms with Crippen LogP contribution in [-0.2, 0) is 14.3 Å². The van der Waals surface area contributed by atoms with Gasteiger partial charge in [0.1, 0.15) is 5.60 Å². The first-order valence-corrected chi connectivity index (χ1v) is 6.40. The molecule has 0 unspecified atom stereocenters. The number of ether oxygens (including phenoxy) is 1. The molecule has 1 aromatic rings. The van der Waals surface area contributed by atoms with E-state index in [9.17, 15) is 9.59 Å². The number of amides is 1. The average Bonchev–Trinajstić information content (AvgIpc) is 2.34. The molecule has 0 saturated heterocycles. The minimum absolute atomic E-state index is 0.181. The number of esters is 1. The maximum Gasteiger partial charge on any atom is 0.333 e. The summed E-state index contributed by atoms with van der Waals surface area (Å²) in [6, 6.07) is 8.34. The van der Waals surface area contributed by atoms with Crippen molar-refractivity contribution in [3.05, 3.63) is 35.9 Å². The predicted octanol–water partition coefficient (Wildman–Crippen LogP) is 2.60. The topological polar surface area (TPSA) is 55.4 Å². The van der Waals surface area contributed by atoms with Crippen LogP contribution in [-0.4, -0.2) is 17.5 Å². The first-order chi connectivity index (χ1) is 8.83. The second-order valence-electron chi connectivity index (χ2n) is 5.30. The molecule has 0 spiro atoms. The highest BCUT2D eigenvalue weighted by Crippen LogP contribution is 2.18. The van der Waals surface area contributed by atoms with E-state index < -0.39 is 17.6 Å². The highest BCUT2D eigenvalue weighted by Gasteiger charge is 2.27. The van der Waals surface area contributed by atoms with Crippen LogP contribution >= 0.6 is 0 Å². The molecule has 1 atom stereocenters. The summed E-state index contributed by atoms with van der Waals surface area (Å²) in [5, 5.41) is 2.69. The van der Waals surface area contributed by atoms with Gasteiger partial charge in [0.15, 0.2) is 6.04 Å². The van der Waals surface area contributed by atoms with Gasteiger partial charge in [-0.1, -0.05) is 37.3 Å². The molecule has 0 heterocycles. The highest BCUT2D eigenvalue weighted by atomic mass is 16.6. The Morgan fingerprint density at radius 3 is 2.26 bits per heavy atom. The lowest BCUT2D eigenvalue weighted by Crippen LogP contribution is -2.37. The van der Waals surface area contributed by atoms with E-state index >= 15 is 0 Å². The summed E-state index contributed by atoms with van der Waals surface area (Å²) in [6.45, 7) is 7.14. The van der Waals surface area contributed by atoms with Gasteiger partial charge in [0.05, 0.1) is 0 Å². The van der Waals surface area contributed by atoms with Crippen LogP contribution in [0.5, 0.6) is 0 Å². The van der Waals surface area contributed by atoms with E-state index in [-0.39, 0.29) is 5.91 Å². The molecular formula is C15H21NO3. The maximum atomic E-state index is 12.2. The number of nitrogens with one attached hydrogen (secondary N) is 1. The largest absolute Gasteiger partial charge is 0.458 e. The monoisotopic (exact) mass is 263 g/mol. The molecular weight excluding hydrogens is 242 g/mol. The predicted molar refractivity (Wildman–Crippen MR) is 73.5 cm³/mol. The van der Waals surface area contributed by atoms with Crippen LogP contribution < -0.4 is 5.32 Å². The van der Waals surface area contributed by atoms with E-state index in [4.69, 9.17) is 4.74 Å². The second kappa shape index (κ2) is 6.36. The molecule has 0 radical (unpaired) electrons.